The number of nitrogens with zero attached hydrogens (tertiary/aromatic N) is 1. The highest BCUT2D eigenvalue weighted by Gasteiger charge is 2.35. The molecule has 0 bridgehead atoms. The SMILES string of the molecule is CC(C)(C)C(=O)N1CC(N)CC(CC2CC2)C1. The second-order valence-electron chi connectivity index (χ2n) is 7.00. The van der Waals surface area contributed by atoms with E-state index in [1.807, 2.05) is 25.7 Å². The third-order valence-corrected chi connectivity index (χ3v) is 3.86. The van der Waals surface area contributed by atoms with Crippen molar-refractivity contribution in [2.24, 2.45) is 23.0 Å². The van der Waals surface area contributed by atoms with Gasteiger partial charge in [0.15, 0.2) is 0 Å². The van der Waals surface area contributed by atoms with Gasteiger partial charge in [0.05, 0.1) is 0 Å². The first kappa shape index (κ1) is 12.9. The first-order chi connectivity index (χ1) is 7.86. The molecule has 2 aliphatic rings. The molecule has 2 rings (SSSR count). The van der Waals surface area contributed by atoms with Gasteiger partial charge in [0.2, 0.25) is 5.91 Å². The number of nitrogens with two attached hydrogens (primary N) is 1. The first-order valence-corrected chi connectivity index (χ1v) is 6.91. The van der Waals surface area contributed by atoms with E-state index in [2.05, 4.69) is 0 Å². The van der Waals surface area contributed by atoms with Crippen LogP contribution >= 0.6 is 0 Å². The number of amides is 1. The van der Waals surface area contributed by atoms with Gasteiger partial charge in [-0.15, -0.1) is 0 Å². The van der Waals surface area contributed by atoms with E-state index < -0.39 is 0 Å². The summed E-state index contributed by atoms with van der Waals surface area (Å²) in [4.78, 5) is 14.3. The molecule has 1 saturated heterocycles. The molecule has 2 unspecified atom stereocenters. The standard InChI is InChI=1S/C14H26N2O/c1-14(2,3)13(17)16-8-11(6-10-4-5-10)7-12(15)9-16/h10-12H,4-9,15H2,1-3H3. The fraction of sp³-hybridized carbons (Fsp3) is 0.929. The lowest BCUT2D eigenvalue weighted by molar-refractivity contribution is -0.141. The van der Waals surface area contributed by atoms with Crippen molar-refractivity contribution in [2.75, 3.05) is 13.1 Å². The summed E-state index contributed by atoms with van der Waals surface area (Å²) in [6, 6.07) is 0.179. The van der Waals surface area contributed by atoms with Crippen LogP contribution in [0.5, 0.6) is 0 Å². The molecule has 3 heteroatoms. The number of carbonyl (C=O) groups is 1. The summed E-state index contributed by atoms with van der Waals surface area (Å²) < 4.78 is 0. The maximum absolute atomic E-state index is 12.3. The predicted molar refractivity (Wildman–Crippen MR) is 69.5 cm³/mol. The van der Waals surface area contributed by atoms with Crippen molar-refractivity contribution >= 4 is 5.91 Å². The van der Waals surface area contributed by atoms with Crippen molar-refractivity contribution in [1.29, 1.82) is 0 Å². The van der Waals surface area contributed by atoms with E-state index in [0.717, 1.165) is 25.4 Å². The Bertz CT molecular complexity index is 289. The van der Waals surface area contributed by atoms with Crippen molar-refractivity contribution < 1.29 is 4.79 Å². The summed E-state index contributed by atoms with van der Waals surface area (Å²) in [6.07, 6.45) is 5.16. The van der Waals surface area contributed by atoms with Crippen LogP contribution in [0.2, 0.25) is 0 Å². The molecule has 1 aliphatic heterocycles. The topological polar surface area (TPSA) is 46.3 Å². The average Bonchev–Trinajstić information content (AvgIpc) is 2.98. The van der Waals surface area contributed by atoms with Gasteiger partial charge in [-0.3, -0.25) is 4.79 Å². The molecular weight excluding hydrogens is 212 g/mol. The third-order valence-electron chi connectivity index (χ3n) is 3.86. The van der Waals surface area contributed by atoms with Gasteiger partial charge >= 0.3 is 0 Å². The van der Waals surface area contributed by atoms with E-state index >= 15 is 0 Å². The molecule has 1 amide bonds. The number of carbonyl (C=O) groups excluding carboxylic acids is 1. The van der Waals surface area contributed by atoms with E-state index in [0.29, 0.717) is 5.92 Å². The summed E-state index contributed by atoms with van der Waals surface area (Å²) in [5, 5.41) is 0. The zero-order chi connectivity index (χ0) is 12.6. The maximum atomic E-state index is 12.3. The number of hydrogen-bond acceptors (Lipinski definition) is 2. The number of rotatable bonds is 2. The van der Waals surface area contributed by atoms with Gasteiger partial charge in [0.25, 0.3) is 0 Å². The van der Waals surface area contributed by atoms with E-state index in [1.165, 1.54) is 19.3 Å². The monoisotopic (exact) mass is 238 g/mol. The van der Waals surface area contributed by atoms with Crippen LogP contribution in [0.15, 0.2) is 0 Å². The molecule has 2 N–H and O–H groups in total. The maximum Gasteiger partial charge on any atom is 0.228 e. The molecule has 17 heavy (non-hydrogen) atoms. The Balaban J connectivity index is 1.95. The second kappa shape index (κ2) is 4.60. The molecule has 2 fully saturated rings. The van der Waals surface area contributed by atoms with Crippen LogP contribution < -0.4 is 5.73 Å². The molecule has 0 spiro atoms. The Morgan fingerprint density at radius 3 is 2.41 bits per heavy atom. The molecule has 98 valence electrons. The van der Waals surface area contributed by atoms with Gasteiger partial charge in [0, 0.05) is 24.5 Å². The van der Waals surface area contributed by atoms with Crippen LogP contribution in [0.3, 0.4) is 0 Å². The fourth-order valence-corrected chi connectivity index (χ4v) is 2.88. The zero-order valence-electron chi connectivity index (χ0n) is 11.4. The third kappa shape index (κ3) is 3.44. The van der Waals surface area contributed by atoms with Crippen LogP contribution in [0.4, 0.5) is 0 Å². The molecule has 0 aromatic rings. The quantitative estimate of drug-likeness (QED) is 0.800. The van der Waals surface area contributed by atoms with Crippen LogP contribution in [0.1, 0.15) is 46.5 Å². The van der Waals surface area contributed by atoms with Gasteiger partial charge in [-0.1, -0.05) is 33.6 Å². The van der Waals surface area contributed by atoms with Crippen LogP contribution in [0.25, 0.3) is 0 Å². The largest absolute Gasteiger partial charge is 0.340 e. The summed E-state index contributed by atoms with van der Waals surface area (Å²) >= 11 is 0. The van der Waals surface area contributed by atoms with Gasteiger partial charge < -0.3 is 10.6 Å². The molecule has 0 radical (unpaired) electrons. The van der Waals surface area contributed by atoms with E-state index in [9.17, 15) is 4.79 Å². The van der Waals surface area contributed by atoms with Crippen molar-refractivity contribution in [1.82, 2.24) is 4.90 Å². The summed E-state index contributed by atoms with van der Waals surface area (Å²) in [7, 11) is 0. The lowest BCUT2D eigenvalue weighted by Crippen LogP contribution is -2.52. The highest BCUT2D eigenvalue weighted by molar-refractivity contribution is 5.81. The highest BCUT2D eigenvalue weighted by Crippen LogP contribution is 2.38. The predicted octanol–water partition coefficient (Wildman–Crippen LogP) is 2.01. The van der Waals surface area contributed by atoms with Crippen molar-refractivity contribution in [3.8, 4) is 0 Å². The van der Waals surface area contributed by atoms with Crippen LogP contribution in [-0.4, -0.2) is 29.9 Å². The van der Waals surface area contributed by atoms with E-state index in [-0.39, 0.29) is 17.4 Å². The molecule has 1 aliphatic carbocycles. The lowest BCUT2D eigenvalue weighted by atomic mass is 9.87. The van der Waals surface area contributed by atoms with Crippen LogP contribution in [0, 0.1) is 17.3 Å². The van der Waals surface area contributed by atoms with Gasteiger partial charge in [-0.05, 0) is 24.7 Å². The molecule has 1 heterocycles. The molecular formula is C14H26N2O. The van der Waals surface area contributed by atoms with Crippen molar-refractivity contribution in [3.63, 3.8) is 0 Å². The molecule has 0 aromatic carbocycles. The van der Waals surface area contributed by atoms with Gasteiger partial charge in [-0.2, -0.15) is 0 Å². The lowest BCUT2D eigenvalue weighted by Gasteiger charge is -2.39. The Labute approximate surface area is 105 Å². The zero-order valence-corrected chi connectivity index (χ0v) is 11.4. The highest BCUT2D eigenvalue weighted by atomic mass is 16.2. The normalized spacial score (nSPS) is 30.5. The van der Waals surface area contributed by atoms with Gasteiger partial charge in [-0.25, -0.2) is 0 Å². The number of likely N-dealkylation sites (tertiary alicyclic amines) is 1. The molecule has 2 atom stereocenters. The Kier molecular flexibility index (Phi) is 3.48. The van der Waals surface area contributed by atoms with E-state index in [1.54, 1.807) is 0 Å². The minimum absolute atomic E-state index is 0.179. The minimum Gasteiger partial charge on any atom is -0.340 e. The summed E-state index contributed by atoms with van der Waals surface area (Å²) in [6.45, 7) is 7.65. The summed E-state index contributed by atoms with van der Waals surface area (Å²) in [5.41, 5.74) is 5.82. The second-order valence-corrected chi connectivity index (χ2v) is 7.00. The molecule has 3 nitrogen and oxygen atoms in total. The van der Waals surface area contributed by atoms with Crippen molar-refractivity contribution in [2.45, 2.75) is 52.5 Å². The summed E-state index contributed by atoms with van der Waals surface area (Å²) in [5.74, 6) is 1.82. The molecule has 0 aromatic heterocycles. The molecule has 1 saturated carbocycles. The fourth-order valence-electron chi connectivity index (χ4n) is 2.88. The van der Waals surface area contributed by atoms with E-state index in [4.69, 9.17) is 5.73 Å². The van der Waals surface area contributed by atoms with Crippen LogP contribution in [-0.2, 0) is 4.79 Å². The van der Waals surface area contributed by atoms with Gasteiger partial charge in [0.1, 0.15) is 0 Å². The smallest absolute Gasteiger partial charge is 0.228 e. The minimum atomic E-state index is -0.277. The number of piperidine rings is 1. The number of hydrogen-bond donors (Lipinski definition) is 1. The van der Waals surface area contributed by atoms with Crippen molar-refractivity contribution in [3.05, 3.63) is 0 Å². The Morgan fingerprint density at radius 2 is 1.88 bits per heavy atom. The first-order valence-electron chi connectivity index (χ1n) is 6.91. The Hall–Kier alpha value is -0.570. The average molecular weight is 238 g/mol. The Morgan fingerprint density at radius 1 is 1.24 bits per heavy atom.